The number of halogens is 1. The number of hydrogen-bond donors (Lipinski definition) is 1. The predicted octanol–water partition coefficient (Wildman–Crippen LogP) is 4.57. The van der Waals surface area contributed by atoms with E-state index in [0.717, 1.165) is 5.56 Å². The monoisotopic (exact) mass is 406 g/mol. The van der Waals surface area contributed by atoms with E-state index in [4.69, 9.17) is 11.6 Å². The van der Waals surface area contributed by atoms with Gasteiger partial charge in [0.1, 0.15) is 15.8 Å². The van der Waals surface area contributed by atoms with E-state index in [0.29, 0.717) is 10.0 Å². The molecule has 10 heteroatoms. The molecule has 1 atom stereocenters. The Morgan fingerprint density at radius 1 is 1.27 bits per heavy atom. The Kier molecular flexibility index (Phi) is 5.82. The van der Waals surface area contributed by atoms with E-state index >= 15 is 0 Å². The molecule has 1 aromatic heterocycles. The molecule has 0 bridgehead atoms. The summed E-state index contributed by atoms with van der Waals surface area (Å²) in [6.45, 7) is 0. The zero-order chi connectivity index (χ0) is 18.5. The number of carbonyl (C=O) groups excluding carboxylic acids is 1. The molecule has 26 heavy (non-hydrogen) atoms. The summed E-state index contributed by atoms with van der Waals surface area (Å²) in [5.74, 6) is -0.326. The minimum atomic E-state index is -0.595. The molecular formula is C16H11ClN4O3S2. The summed E-state index contributed by atoms with van der Waals surface area (Å²) < 4.78 is 0.649. The SMILES string of the molecule is O=C(Nc1ccc(Cl)c([N+](=O)[O-])c1)C(Sc1nncs1)c1ccccc1. The van der Waals surface area contributed by atoms with Gasteiger partial charge in [-0.25, -0.2) is 0 Å². The average Bonchev–Trinajstić information content (AvgIpc) is 3.15. The van der Waals surface area contributed by atoms with Crippen molar-refractivity contribution in [2.24, 2.45) is 0 Å². The van der Waals surface area contributed by atoms with Crippen LogP contribution in [0.1, 0.15) is 10.8 Å². The fraction of sp³-hybridized carbons (Fsp3) is 0.0625. The molecule has 0 saturated carbocycles. The van der Waals surface area contributed by atoms with Crippen LogP contribution in [-0.2, 0) is 4.79 Å². The Morgan fingerprint density at radius 3 is 2.69 bits per heavy atom. The Morgan fingerprint density at radius 2 is 2.04 bits per heavy atom. The van der Waals surface area contributed by atoms with Gasteiger partial charge in [-0.2, -0.15) is 0 Å². The first-order valence-electron chi connectivity index (χ1n) is 7.27. The second kappa shape index (κ2) is 8.26. The molecule has 1 heterocycles. The van der Waals surface area contributed by atoms with Crippen molar-refractivity contribution in [2.45, 2.75) is 9.59 Å². The lowest BCUT2D eigenvalue weighted by Gasteiger charge is -2.15. The van der Waals surface area contributed by atoms with Gasteiger partial charge in [-0.3, -0.25) is 14.9 Å². The van der Waals surface area contributed by atoms with Gasteiger partial charge < -0.3 is 5.32 Å². The smallest absolute Gasteiger partial charge is 0.289 e. The summed E-state index contributed by atoms with van der Waals surface area (Å²) in [5.41, 5.74) is 2.40. The van der Waals surface area contributed by atoms with E-state index < -0.39 is 10.2 Å². The zero-order valence-electron chi connectivity index (χ0n) is 13.0. The summed E-state index contributed by atoms with van der Waals surface area (Å²) in [7, 11) is 0. The molecule has 132 valence electrons. The second-order valence-corrected chi connectivity index (χ2v) is 7.62. The molecule has 0 radical (unpaired) electrons. The van der Waals surface area contributed by atoms with Crippen molar-refractivity contribution < 1.29 is 9.72 Å². The van der Waals surface area contributed by atoms with Gasteiger partial charge in [-0.05, 0) is 17.7 Å². The normalized spacial score (nSPS) is 11.7. The molecule has 1 N–H and O–H groups in total. The minimum absolute atomic E-state index is 0.0100. The van der Waals surface area contributed by atoms with E-state index in [-0.39, 0.29) is 16.6 Å². The van der Waals surface area contributed by atoms with Crippen LogP contribution in [0.15, 0.2) is 58.4 Å². The van der Waals surface area contributed by atoms with Gasteiger partial charge in [0.25, 0.3) is 5.69 Å². The number of anilines is 1. The number of rotatable bonds is 6. The van der Waals surface area contributed by atoms with Crippen molar-refractivity contribution in [1.29, 1.82) is 0 Å². The zero-order valence-corrected chi connectivity index (χ0v) is 15.4. The van der Waals surface area contributed by atoms with Gasteiger partial charge in [-0.15, -0.1) is 10.2 Å². The van der Waals surface area contributed by atoms with Crippen molar-refractivity contribution >= 4 is 52.0 Å². The van der Waals surface area contributed by atoms with Crippen molar-refractivity contribution in [3.05, 3.63) is 74.7 Å². The first-order chi connectivity index (χ1) is 12.5. The third kappa shape index (κ3) is 4.37. The molecule has 0 saturated heterocycles. The average molecular weight is 407 g/mol. The number of hydrogen-bond acceptors (Lipinski definition) is 7. The van der Waals surface area contributed by atoms with E-state index in [1.54, 1.807) is 5.51 Å². The molecule has 0 spiro atoms. The minimum Gasteiger partial charge on any atom is -0.325 e. The Labute approximate surface area is 161 Å². The van der Waals surface area contributed by atoms with Crippen LogP contribution in [0.4, 0.5) is 11.4 Å². The van der Waals surface area contributed by atoms with Crippen molar-refractivity contribution in [1.82, 2.24) is 10.2 Å². The fourth-order valence-corrected chi connectivity index (χ4v) is 4.01. The highest BCUT2D eigenvalue weighted by molar-refractivity contribution is 8.01. The molecule has 1 amide bonds. The quantitative estimate of drug-likeness (QED) is 0.365. The predicted molar refractivity (Wildman–Crippen MR) is 102 cm³/mol. The number of aromatic nitrogens is 2. The molecule has 7 nitrogen and oxygen atoms in total. The second-order valence-electron chi connectivity index (χ2n) is 5.03. The summed E-state index contributed by atoms with van der Waals surface area (Å²) in [5, 5.41) is 20.9. The van der Waals surface area contributed by atoms with Crippen molar-refractivity contribution in [2.75, 3.05) is 5.32 Å². The Balaban J connectivity index is 1.86. The highest BCUT2D eigenvalue weighted by atomic mass is 35.5. The third-order valence-electron chi connectivity index (χ3n) is 3.31. The van der Waals surface area contributed by atoms with E-state index in [2.05, 4.69) is 15.5 Å². The van der Waals surface area contributed by atoms with Gasteiger partial charge in [-0.1, -0.05) is 65.0 Å². The lowest BCUT2D eigenvalue weighted by Crippen LogP contribution is -2.19. The van der Waals surface area contributed by atoms with Gasteiger partial charge in [0.05, 0.1) is 4.92 Å². The largest absolute Gasteiger partial charge is 0.325 e. The maximum absolute atomic E-state index is 12.8. The molecule has 3 aromatic rings. The summed E-state index contributed by atoms with van der Waals surface area (Å²) in [6.07, 6.45) is 0. The third-order valence-corrected chi connectivity index (χ3v) is 5.69. The number of nitrogens with one attached hydrogen (secondary N) is 1. The topological polar surface area (TPSA) is 98.0 Å². The molecule has 3 rings (SSSR count). The van der Waals surface area contributed by atoms with Gasteiger partial charge in [0, 0.05) is 11.8 Å². The number of carbonyl (C=O) groups is 1. The maximum Gasteiger partial charge on any atom is 0.289 e. The molecule has 1 unspecified atom stereocenters. The molecule has 0 fully saturated rings. The summed E-state index contributed by atoms with van der Waals surface area (Å²) in [6, 6.07) is 13.3. The van der Waals surface area contributed by atoms with Crippen LogP contribution in [0.3, 0.4) is 0 Å². The number of thioether (sulfide) groups is 1. The lowest BCUT2D eigenvalue weighted by molar-refractivity contribution is -0.384. The highest BCUT2D eigenvalue weighted by Gasteiger charge is 2.24. The fourth-order valence-electron chi connectivity index (χ4n) is 2.15. The van der Waals surface area contributed by atoms with Crippen molar-refractivity contribution in [3.8, 4) is 0 Å². The first-order valence-corrected chi connectivity index (χ1v) is 9.41. The van der Waals surface area contributed by atoms with Crippen LogP contribution in [0.25, 0.3) is 0 Å². The lowest BCUT2D eigenvalue weighted by atomic mass is 10.1. The van der Waals surface area contributed by atoms with E-state index in [1.807, 2.05) is 30.3 Å². The van der Waals surface area contributed by atoms with Crippen LogP contribution in [0.2, 0.25) is 5.02 Å². The Bertz CT molecular complexity index is 923. The van der Waals surface area contributed by atoms with Gasteiger partial charge in [0.15, 0.2) is 4.34 Å². The number of benzene rings is 2. The molecule has 2 aromatic carbocycles. The molecule has 0 aliphatic carbocycles. The van der Waals surface area contributed by atoms with Crippen LogP contribution >= 0.6 is 34.7 Å². The summed E-state index contributed by atoms with van der Waals surface area (Å²) in [4.78, 5) is 23.2. The standard InChI is InChI=1S/C16H11ClN4O3S2/c17-12-7-6-11(8-13(12)21(23)24)19-15(22)14(10-4-2-1-3-5-10)26-16-20-18-9-25-16/h1-9,14H,(H,19,22). The van der Waals surface area contributed by atoms with E-state index in [9.17, 15) is 14.9 Å². The van der Waals surface area contributed by atoms with Gasteiger partial charge >= 0.3 is 0 Å². The van der Waals surface area contributed by atoms with Crippen LogP contribution in [-0.4, -0.2) is 21.0 Å². The number of amides is 1. The maximum atomic E-state index is 12.8. The molecule has 0 aliphatic rings. The highest BCUT2D eigenvalue weighted by Crippen LogP contribution is 2.37. The van der Waals surface area contributed by atoms with Crippen molar-refractivity contribution in [3.63, 3.8) is 0 Å². The van der Waals surface area contributed by atoms with Crippen LogP contribution in [0, 0.1) is 10.1 Å². The van der Waals surface area contributed by atoms with Crippen LogP contribution in [0.5, 0.6) is 0 Å². The molecular weight excluding hydrogens is 396 g/mol. The number of nitro benzene ring substituents is 1. The first kappa shape index (κ1) is 18.3. The number of nitrogens with zero attached hydrogens (tertiary/aromatic N) is 3. The molecule has 0 aliphatic heterocycles. The van der Waals surface area contributed by atoms with Gasteiger partial charge in [0.2, 0.25) is 5.91 Å². The summed E-state index contributed by atoms with van der Waals surface area (Å²) >= 11 is 8.40. The van der Waals surface area contributed by atoms with E-state index in [1.165, 1.54) is 41.3 Å². The number of nitro groups is 1. The van der Waals surface area contributed by atoms with Crippen LogP contribution < -0.4 is 5.32 Å². The Hall–Kier alpha value is -2.49.